The number of benzene rings is 3. The molecule has 0 saturated carbocycles. The molecule has 3 aromatic carbocycles. The first-order valence-electron chi connectivity index (χ1n) is 11.5. The molecule has 0 spiro atoms. The number of nitrogens with zero attached hydrogens (tertiary/aromatic N) is 3. The van der Waals surface area contributed by atoms with Gasteiger partial charge in [0.2, 0.25) is 5.82 Å². The number of hydrogen-bond acceptors (Lipinski definition) is 5. The molecule has 1 aliphatic rings. The van der Waals surface area contributed by atoms with Crippen LogP contribution in [0.25, 0.3) is 17.0 Å². The van der Waals surface area contributed by atoms with Crippen LogP contribution in [0.1, 0.15) is 35.5 Å². The molecule has 0 bridgehead atoms. The molecular weight excluding hydrogens is 459 g/mol. The summed E-state index contributed by atoms with van der Waals surface area (Å²) in [5.74, 6) is 0.803. The predicted octanol–water partition coefficient (Wildman–Crippen LogP) is 6.20. The van der Waals surface area contributed by atoms with Gasteiger partial charge >= 0.3 is 6.03 Å². The summed E-state index contributed by atoms with van der Waals surface area (Å²) in [7, 11) is 1.60. The number of methoxy groups -OCH3 is 1. The van der Waals surface area contributed by atoms with Crippen molar-refractivity contribution in [2.75, 3.05) is 12.0 Å². The van der Waals surface area contributed by atoms with Crippen LogP contribution in [-0.2, 0) is 0 Å². The zero-order valence-electron chi connectivity index (χ0n) is 20.4. The number of ether oxygens (including phenoxy) is 1. The van der Waals surface area contributed by atoms with Crippen molar-refractivity contribution in [2.45, 2.75) is 26.8 Å². The number of amides is 2. The third-order valence-corrected chi connectivity index (χ3v) is 6.14. The van der Waals surface area contributed by atoms with Gasteiger partial charge in [0.25, 0.3) is 5.89 Å². The SMILES string of the molecule is COc1ccc(C2NC(=O)N(c3cc(C)cc(C)c3)C(C)=C2c2nc(-c3cccc(F)c3)no2)cc1. The fourth-order valence-electron chi connectivity index (χ4n) is 4.53. The molecule has 36 heavy (non-hydrogen) atoms. The largest absolute Gasteiger partial charge is 0.497 e. The molecule has 0 aliphatic carbocycles. The number of hydrogen-bond donors (Lipinski definition) is 1. The second-order valence-corrected chi connectivity index (χ2v) is 8.77. The van der Waals surface area contributed by atoms with Crippen LogP contribution in [0.2, 0.25) is 0 Å². The van der Waals surface area contributed by atoms with Gasteiger partial charge in [0.05, 0.1) is 24.4 Å². The Morgan fingerprint density at radius 1 is 1.00 bits per heavy atom. The standard InChI is InChI=1S/C28H25FN4O3/c1-16-12-17(2)14-22(13-16)33-18(3)24(25(30-28(33)34)19-8-10-23(35-4)11-9-19)27-31-26(32-36-27)20-6-5-7-21(29)15-20/h5-15,25H,1-4H3,(H,30,34). The number of aryl methyl sites for hydroxylation is 2. The maximum absolute atomic E-state index is 13.8. The summed E-state index contributed by atoms with van der Waals surface area (Å²) in [6.07, 6.45) is 0. The molecule has 0 radical (unpaired) electrons. The maximum atomic E-state index is 13.8. The molecule has 1 N–H and O–H groups in total. The average molecular weight is 485 g/mol. The van der Waals surface area contributed by atoms with Gasteiger partial charge in [0.1, 0.15) is 11.6 Å². The first-order valence-corrected chi connectivity index (χ1v) is 11.5. The van der Waals surface area contributed by atoms with Crippen molar-refractivity contribution in [2.24, 2.45) is 0 Å². The molecule has 2 amide bonds. The summed E-state index contributed by atoms with van der Waals surface area (Å²) in [5, 5.41) is 7.19. The van der Waals surface area contributed by atoms with Crippen molar-refractivity contribution < 1.29 is 18.4 Å². The van der Waals surface area contributed by atoms with E-state index in [0.717, 1.165) is 22.4 Å². The van der Waals surface area contributed by atoms with Crippen LogP contribution in [0.5, 0.6) is 5.75 Å². The summed E-state index contributed by atoms with van der Waals surface area (Å²) in [6.45, 7) is 5.83. The van der Waals surface area contributed by atoms with Crippen molar-refractivity contribution in [1.82, 2.24) is 15.5 Å². The first kappa shape index (κ1) is 23.3. The van der Waals surface area contributed by atoms with Gasteiger partial charge < -0.3 is 14.6 Å². The van der Waals surface area contributed by atoms with Gasteiger partial charge in [0.15, 0.2) is 0 Å². The van der Waals surface area contributed by atoms with E-state index in [-0.39, 0.29) is 17.7 Å². The molecule has 182 valence electrons. The van der Waals surface area contributed by atoms with E-state index in [1.807, 2.05) is 57.2 Å². The zero-order chi connectivity index (χ0) is 25.4. The normalized spacial score (nSPS) is 15.8. The van der Waals surface area contributed by atoms with Crippen LogP contribution in [-0.4, -0.2) is 23.3 Å². The Morgan fingerprint density at radius 2 is 1.72 bits per heavy atom. The molecule has 5 rings (SSSR count). The van der Waals surface area contributed by atoms with Gasteiger partial charge in [-0.05, 0) is 73.9 Å². The minimum absolute atomic E-state index is 0.238. The number of carbonyl (C=O) groups is 1. The van der Waals surface area contributed by atoms with Gasteiger partial charge in [-0.15, -0.1) is 0 Å². The van der Waals surface area contributed by atoms with E-state index in [1.54, 1.807) is 24.1 Å². The Kier molecular flexibility index (Phi) is 6.01. The highest BCUT2D eigenvalue weighted by molar-refractivity contribution is 6.01. The Morgan fingerprint density at radius 3 is 2.39 bits per heavy atom. The third kappa shape index (κ3) is 4.33. The lowest BCUT2D eigenvalue weighted by atomic mass is 9.94. The van der Waals surface area contributed by atoms with E-state index in [4.69, 9.17) is 9.26 Å². The summed E-state index contributed by atoms with van der Waals surface area (Å²) in [4.78, 5) is 19.6. The van der Waals surface area contributed by atoms with E-state index in [2.05, 4.69) is 21.5 Å². The molecule has 0 saturated heterocycles. The van der Waals surface area contributed by atoms with Crippen molar-refractivity contribution in [3.63, 3.8) is 0 Å². The second-order valence-electron chi connectivity index (χ2n) is 8.77. The molecule has 1 unspecified atom stereocenters. The van der Waals surface area contributed by atoms with E-state index < -0.39 is 11.9 Å². The number of carbonyl (C=O) groups excluding carboxylic acids is 1. The molecular formula is C28H25FN4O3. The van der Waals surface area contributed by atoms with Crippen molar-refractivity contribution in [3.05, 3.63) is 101 Å². The highest BCUT2D eigenvalue weighted by Crippen LogP contribution is 2.39. The molecule has 7 nitrogen and oxygen atoms in total. The van der Waals surface area contributed by atoms with E-state index in [1.165, 1.54) is 12.1 Å². The third-order valence-electron chi connectivity index (χ3n) is 6.14. The number of aromatic nitrogens is 2. The molecule has 0 fully saturated rings. The fourth-order valence-corrected chi connectivity index (χ4v) is 4.53. The first-order chi connectivity index (χ1) is 17.3. The Bertz CT molecular complexity index is 1460. The molecule has 1 atom stereocenters. The topological polar surface area (TPSA) is 80.5 Å². The summed E-state index contributed by atoms with van der Waals surface area (Å²) in [6, 6.07) is 18.6. The van der Waals surface area contributed by atoms with Gasteiger partial charge in [-0.1, -0.05) is 35.5 Å². The van der Waals surface area contributed by atoms with E-state index in [0.29, 0.717) is 22.6 Å². The van der Waals surface area contributed by atoms with E-state index >= 15 is 0 Å². The molecule has 1 aliphatic heterocycles. The van der Waals surface area contributed by atoms with Crippen LogP contribution in [0.3, 0.4) is 0 Å². The molecule has 8 heteroatoms. The monoisotopic (exact) mass is 484 g/mol. The van der Waals surface area contributed by atoms with Gasteiger partial charge in [-0.3, -0.25) is 4.90 Å². The van der Waals surface area contributed by atoms with Crippen LogP contribution in [0.4, 0.5) is 14.9 Å². The van der Waals surface area contributed by atoms with Crippen LogP contribution in [0, 0.1) is 19.7 Å². The minimum Gasteiger partial charge on any atom is -0.497 e. The number of urea groups is 1. The summed E-state index contributed by atoms with van der Waals surface area (Å²) < 4.78 is 24.8. The van der Waals surface area contributed by atoms with Gasteiger partial charge in [0, 0.05) is 11.3 Å². The lowest BCUT2D eigenvalue weighted by Gasteiger charge is -2.35. The van der Waals surface area contributed by atoms with Gasteiger partial charge in [-0.2, -0.15) is 4.98 Å². The zero-order valence-corrected chi connectivity index (χ0v) is 20.4. The van der Waals surface area contributed by atoms with Crippen LogP contribution >= 0.6 is 0 Å². The van der Waals surface area contributed by atoms with Crippen LogP contribution in [0.15, 0.2) is 77.0 Å². The lowest BCUT2D eigenvalue weighted by molar-refractivity contribution is 0.244. The Hall–Kier alpha value is -4.46. The highest BCUT2D eigenvalue weighted by Gasteiger charge is 2.36. The van der Waals surface area contributed by atoms with Crippen LogP contribution < -0.4 is 15.0 Å². The van der Waals surface area contributed by atoms with E-state index in [9.17, 15) is 9.18 Å². The molecule has 4 aromatic rings. The fraction of sp³-hybridized carbons (Fsp3) is 0.179. The lowest BCUT2D eigenvalue weighted by Crippen LogP contribution is -2.46. The maximum Gasteiger partial charge on any atom is 0.326 e. The minimum atomic E-state index is -0.550. The predicted molar refractivity (Wildman–Crippen MR) is 135 cm³/mol. The summed E-state index contributed by atoms with van der Waals surface area (Å²) >= 11 is 0. The van der Waals surface area contributed by atoms with Crippen molar-refractivity contribution in [1.29, 1.82) is 0 Å². The number of nitrogens with one attached hydrogen (secondary N) is 1. The second kappa shape index (κ2) is 9.30. The quantitative estimate of drug-likeness (QED) is 0.365. The van der Waals surface area contributed by atoms with Crippen molar-refractivity contribution >= 4 is 17.3 Å². The molecule has 2 heterocycles. The number of rotatable bonds is 5. The Labute approximate surface area is 208 Å². The number of allylic oxidation sites excluding steroid dienone is 1. The average Bonchev–Trinajstić information content (AvgIpc) is 3.33. The number of halogens is 1. The highest BCUT2D eigenvalue weighted by atomic mass is 19.1. The molecule has 1 aromatic heterocycles. The summed E-state index contributed by atoms with van der Waals surface area (Å²) in [5.41, 5.74) is 5.43. The smallest absolute Gasteiger partial charge is 0.326 e. The van der Waals surface area contributed by atoms with Crippen molar-refractivity contribution in [3.8, 4) is 17.1 Å². The van der Waals surface area contributed by atoms with Gasteiger partial charge in [-0.25, -0.2) is 9.18 Å². The Balaban J connectivity index is 1.66. The number of anilines is 1.